The van der Waals surface area contributed by atoms with Crippen LogP contribution in [0.25, 0.3) is 32.9 Å². The highest BCUT2D eigenvalue weighted by Crippen LogP contribution is 2.30. The van der Waals surface area contributed by atoms with E-state index in [0.29, 0.717) is 16.9 Å². The summed E-state index contributed by atoms with van der Waals surface area (Å²) in [6.45, 7) is 0. The van der Waals surface area contributed by atoms with E-state index in [1.54, 1.807) is 60.8 Å². The number of benzene rings is 4. The van der Waals surface area contributed by atoms with Crippen LogP contribution >= 0.6 is 0 Å². The summed E-state index contributed by atoms with van der Waals surface area (Å²) in [6.07, 6.45) is 3.89. The fraction of sp³-hybridized carbons (Fsp3) is 0. The Labute approximate surface area is 213 Å². The maximum atomic E-state index is 13.1. The molecule has 2 aromatic heterocycles. The molecule has 0 saturated heterocycles. The second-order valence-electron chi connectivity index (χ2n) is 8.52. The molecule has 8 heteroatoms. The number of hydrogen-bond acceptors (Lipinski definition) is 6. The van der Waals surface area contributed by atoms with Gasteiger partial charge in [-0.05, 0) is 59.7 Å². The number of nitrogens with zero attached hydrogens (tertiary/aromatic N) is 3. The molecule has 180 valence electrons. The summed E-state index contributed by atoms with van der Waals surface area (Å²) in [4.78, 5) is 20.1. The fourth-order valence-corrected chi connectivity index (χ4v) is 5.71. The van der Waals surface area contributed by atoms with E-state index in [1.165, 1.54) is 10.3 Å². The molecule has 0 unspecified atom stereocenters. The highest BCUT2D eigenvalue weighted by Gasteiger charge is 2.18. The molecule has 0 spiro atoms. The van der Waals surface area contributed by atoms with Crippen molar-refractivity contribution in [3.63, 3.8) is 0 Å². The molecule has 0 aliphatic heterocycles. The Morgan fingerprint density at radius 3 is 2.35 bits per heavy atom. The van der Waals surface area contributed by atoms with Gasteiger partial charge in [0.2, 0.25) is 0 Å². The van der Waals surface area contributed by atoms with E-state index < -0.39 is 10.0 Å². The standard InChI is InChI=1S/C29H20N4O3S/c34-18-20-6-8-21(9-7-20)22-10-12-27-26(17-22)29(31-19-30-27)32-24-11-13-28-23(16-24)14-15-33(28)37(35,36)25-4-2-1-3-5-25/h1-19H,(H,30,31,32). The van der Waals surface area contributed by atoms with Crippen LogP contribution in [0.1, 0.15) is 10.4 Å². The SMILES string of the molecule is O=Cc1ccc(-c2ccc3ncnc(Nc4ccc5c(ccn5S(=O)(=O)c5ccccc5)c4)c3c2)cc1. The minimum atomic E-state index is -3.70. The van der Waals surface area contributed by atoms with Crippen molar-refractivity contribution in [3.8, 4) is 11.1 Å². The van der Waals surface area contributed by atoms with Crippen LogP contribution in [-0.4, -0.2) is 28.6 Å². The Bertz CT molecular complexity index is 1880. The van der Waals surface area contributed by atoms with Crippen molar-refractivity contribution in [1.82, 2.24) is 13.9 Å². The zero-order valence-corrected chi connectivity index (χ0v) is 20.3. The number of aldehydes is 1. The fourth-order valence-electron chi connectivity index (χ4n) is 4.34. The first-order chi connectivity index (χ1) is 18.0. The monoisotopic (exact) mass is 504 g/mol. The smallest absolute Gasteiger partial charge is 0.268 e. The summed E-state index contributed by atoms with van der Waals surface area (Å²) < 4.78 is 27.6. The van der Waals surface area contributed by atoms with Crippen molar-refractivity contribution in [2.75, 3.05) is 5.32 Å². The van der Waals surface area contributed by atoms with Crippen LogP contribution in [0.2, 0.25) is 0 Å². The minimum absolute atomic E-state index is 0.235. The lowest BCUT2D eigenvalue weighted by Gasteiger charge is -2.11. The molecule has 0 bridgehead atoms. The number of nitrogens with one attached hydrogen (secondary N) is 1. The first-order valence-electron chi connectivity index (χ1n) is 11.5. The Hall–Kier alpha value is -4.82. The molecule has 0 aliphatic carbocycles. The number of carbonyl (C=O) groups excluding carboxylic acids is 1. The summed E-state index contributed by atoms with van der Waals surface area (Å²) in [5.74, 6) is 0.632. The summed E-state index contributed by atoms with van der Waals surface area (Å²) >= 11 is 0. The van der Waals surface area contributed by atoms with E-state index in [2.05, 4.69) is 15.3 Å². The molecule has 0 atom stereocenters. The summed E-state index contributed by atoms with van der Waals surface area (Å²) in [6, 6.07) is 29.0. The summed E-state index contributed by atoms with van der Waals surface area (Å²) in [5, 5.41) is 4.97. The Balaban J connectivity index is 1.36. The van der Waals surface area contributed by atoms with Crippen molar-refractivity contribution >= 4 is 49.6 Å². The van der Waals surface area contributed by atoms with Crippen LogP contribution in [-0.2, 0) is 10.0 Å². The summed E-state index contributed by atoms with van der Waals surface area (Å²) in [7, 11) is -3.70. The van der Waals surface area contributed by atoms with Gasteiger partial charge in [-0.3, -0.25) is 4.79 Å². The van der Waals surface area contributed by atoms with Crippen LogP contribution in [0, 0.1) is 0 Å². The molecule has 0 radical (unpaired) electrons. The molecule has 0 fully saturated rings. The highest BCUT2D eigenvalue weighted by atomic mass is 32.2. The lowest BCUT2D eigenvalue weighted by molar-refractivity contribution is 0.112. The maximum Gasteiger partial charge on any atom is 0.268 e. The quantitative estimate of drug-likeness (QED) is 0.278. The van der Waals surface area contributed by atoms with Gasteiger partial charge in [0.05, 0.1) is 15.9 Å². The average molecular weight is 505 g/mol. The zero-order chi connectivity index (χ0) is 25.4. The molecule has 2 heterocycles. The van der Waals surface area contributed by atoms with Crippen molar-refractivity contribution in [2.45, 2.75) is 4.90 Å². The van der Waals surface area contributed by atoms with E-state index in [0.717, 1.165) is 39.4 Å². The molecule has 7 nitrogen and oxygen atoms in total. The van der Waals surface area contributed by atoms with E-state index in [-0.39, 0.29) is 4.90 Å². The summed E-state index contributed by atoms with van der Waals surface area (Å²) in [5.41, 5.74) is 4.71. The lowest BCUT2D eigenvalue weighted by Crippen LogP contribution is -2.11. The first kappa shape index (κ1) is 22.6. The molecule has 6 aromatic rings. The largest absolute Gasteiger partial charge is 0.340 e. The van der Waals surface area contributed by atoms with Crippen molar-refractivity contribution in [3.05, 3.63) is 115 Å². The number of fused-ring (bicyclic) bond motifs is 2. The minimum Gasteiger partial charge on any atom is -0.340 e. The molecular formula is C29H20N4O3S. The number of carbonyl (C=O) groups is 1. The first-order valence-corrected chi connectivity index (χ1v) is 13.0. The predicted molar refractivity (Wildman–Crippen MR) is 145 cm³/mol. The van der Waals surface area contributed by atoms with Gasteiger partial charge in [0.1, 0.15) is 18.4 Å². The third-order valence-corrected chi connectivity index (χ3v) is 7.94. The van der Waals surface area contributed by atoms with E-state index in [1.807, 2.05) is 42.5 Å². The number of anilines is 2. The topological polar surface area (TPSA) is 93.9 Å². The van der Waals surface area contributed by atoms with E-state index >= 15 is 0 Å². The van der Waals surface area contributed by atoms with Gasteiger partial charge in [-0.1, -0.05) is 48.5 Å². The average Bonchev–Trinajstić information content (AvgIpc) is 3.38. The zero-order valence-electron chi connectivity index (χ0n) is 19.4. The van der Waals surface area contributed by atoms with Gasteiger partial charge in [-0.25, -0.2) is 22.4 Å². The van der Waals surface area contributed by atoms with Crippen LogP contribution in [0.4, 0.5) is 11.5 Å². The highest BCUT2D eigenvalue weighted by molar-refractivity contribution is 7.90. The predicted octanol–water partition coefficient (Wildman–Crippen LogP) is 6.04. The number of rotatable bonds is 6. The van der Waals surface area contributed by atoms with Gasteiger partial charge in [-0.2, -0.15) is 0 Å². The third kappa shape index (κ3) is 4.13. The van der Waals surface area contributed by atoms with Crippen LogP contribution in [0.5, 0.6) is 0 Å². The van der Waals surface area contributed by atoms with Crippen LogP contribution in [0.3, 0.4) is 0 Å². The van der Waals surface area contributed by atoms with Gasteiger partial charge in [0.15, 0.2) is 0 Å². The van der Waals surface area contributed by atoms with E-state index in [9.17, 15) is 13.2 Å². The van der Waals surface area contributed by atoms with Crippen LogP contribution in [0.15, 0.2) is 114 Å². The van der Waals surface area contributed by atoms with E-state index in [4.69, 9.17) is 0 Å². The normalized spacial score (nSPS) is 11.6. The number of aromatic nitrogens is 3. The molecular weight excluding hydrogens is 484 g/mol. The second kappa shape index (κ2) is 9.00. The third-order valence-electron chi connectivity index (χ3n) is 6.23. The molecule has 0 saturated carbocycles. The Morgan fingerprint density at radius 2 is 1.57 bits per heavy atom. The lowest BCUT2D eigenvalue weighted by atomic mass is 10.0. The Morgan fingerprint density at radius 1 is 0.784 bits per heavy atom. The van der Waals surface area contributed by atoms with Crippen molar-refractivity contribution < 1.29 is 13.2 Å². The molecule has 4 aromatic carbocycles. The number of hydrogen-bond donors (Lipinski definition) is 1. The van der Waals surface area contributed by atoms with Crippen molar-refractivity contribution in [2.24, 2.45) is 0 Å². The van der Waals surface area contributed by atoms with Crippen LogP contribution < -0.4 is 5.32 Å². The maximum absolute atomic E-state index is 13.1. The second-order valence-corrected chi connectivity index (χ2v) is 10.3. The molecule has 37 heavy (non-hydrogen) atoms. The van der Waals surface area contributed by atoms with Gasteiger partial charge in [0.25, 0.3) is 10.0 Å². The van der Waals surface area contributed by atoms with Gasteiger partial charge in [-0.15, -0.1) is 0 Å². The molecule has 1 N–H and O–H groups in total. The van der Waals surface area contributed by atoms with Crippen molar-refractivity contribution in [1.29, 1.82) is 0 Å². The Kier molecular flexibility index (Phi) is 5.50. The molecule has 0 amide bonds. The molecule has 0 aliphatic rings. The van der Waals surface area contributed by atoms with Gasteiger partial charge < -0.3 is 5.32 Å². The van der Waals surface area contributed by atoms with Gasteiger partial charge in [0, 0.05) is 28.2 Å². The molecule has 6 rings (SSSR count). The van der Waals surface area contributed by atoms with Gasteiger partial charge >= 0.3 is 0 Å².